The second-order valence-electron chi connectivity index (χ2n) is 5.48. The highest BCUT2D eigenvalue weighted by Gasteiger charge is 2.50. The van der Waals surface area contributed by atoms with Crippen molar-refractivity contribution in [2.45, 2.75) is 32.2 Å². The van der Waals surface area contributed by atoms with Gasteiger partial charge in [-0.25, -0.2) is 0 Å². The first-order valence-corrected chi connectivity index (χ1v) is 6.92. The zero-order chi connectivity index (χ0) is 14.2. The van der Waals surface area contributed by atoms with Gasteiger partial charge in [-0.1, -0.05) is 36.4 Å². The Morgan fingerprint density at radius 2 is 2.00 bits per heavy atom. The smallest absolute Gasteiger partial charge is 0.315 e. The summed E-state index contributed by atoms with van der Waals surface area (Å²) in [5, 5.41) is 9.59. The number of carboxylic acids is 1. The maximum atomic E-state index is 12.2. The van der Waals surface area contributed by atoms with Crippen molar-refractivity contribution in [3.8, 4) is 0 Å². The molecule has 0 saturated carbocycles. The van der Waals surface area contributed by atoms with E-state index in [2.05, 4.69) is 0 Å². The molecule has 1 unspecified atom stereocenters. The van der Waals surface area contributed by atoms with Gasteiger partial charge in [-0.3, -0.25) is 9.59 Å². The van der Waals surface area contributed by atoms with Crippen LogP contribution in [-0.2, 0) is 16.1 Å². The maximum absolute atomic E-state index is 12.2. The Hall–Kier alpha value is -2.10. The molecule has 1 fully saturated rings. The molecule has 1 aromatic rings. The number of amides is 1. The Morgan fingerprint density at radius 3 is 2.70 bits per heavy atom. The van der Waals surface area contributed by atoms with Crippen molar-refractivity contribution >= 4 is 11.9 Å². The van der Waals surface area contributed by atoms with Crippen molar-refractivity contribution in [2.24, 2.45) is 5.41 Å². The van der Waals surface area contributed by atoms with E-state index in [1.807, 2.05) is 36.4 Å². The van der Waals surface area contributed by atoms with Gasteiger partial charge in [0.05, 0.1) is 6.54 Å². The van der Waals surface area contributed by atoms with E-state index in [1.54, 1.807) is 4.90 Å². The van der Waals surface area contributed by atoms with E-state index in [0.29, 0.717) is 31.5 Å². The van der Waals surface area contributed by atoms with E-state index in [0.717, 1.165) is 12.0 Å². The van der Waals surface area contributed by atoms with Crippen molar-refractivity contribution in [1.82, 2.24) is 4.90 Å². The van der Waals surface area contributed by atoms with E-state index in [-0.39, 0.29) is 5.91 Å². The number of benzene rings is 1. The van der Waals surface area contributed by atoms with Crippen molar-refractivity contribution in [2.75, 3.05) is 0 Å². The molecule has 1 aromatic carbocycles. The van der Waals surface area contributed by atoms with E-state index in [4.69, 9.17) is 0 Å². The molecule has 104 valence electrons. The van der Waals surface area contributed by atoms with Gasteiger partial charge in [0.15, 0.2) is 0 Å². The lowest BCUT2D eigenvalue weighted by molar-refractivity contribution is -0.152. The average Bonchev–Trinajstić information content (AvgIpc) is 2.89. The van der Waals surface area contributed by atoms with Crippen LogP contribution in [0.2, 0.25) is 0 Å². The van der Waals surface area contributed by atoms with E-state index in [1.165, 1.54) is 0 Å². The number of hydrogen-bond donors (Lipinski definition) is 1. The van der Waals surface area contributed by atoms with Crippen molar-refractivity contribution in [3.05, 3.63) is 47.7 Å². The van der Waals surface area contributed by atoms with Gasteiger partial charge in [0.25, 0.3) is 0 Å². The maximum Gasteiger partial charge on any atom is 0.315 e. The summed E-state index contributed by atoms with van der Waals surface area (Å²) in [6.07, 6.45) is 4.01. The van der Waals surface area contributed by atoms with Crippen LogP contribution in [-0.4, -0.2) is 21.9 Å². The third-order valence-corrected chi connectivity index (χ3v) is 4.35. The zero-order valence-electron chi connectivity index (χ0n) is 11.2. The molecule has 4 nitrogen and oxygen atoms in total. The van der Waals surface area contributed by atoms with Gasteiger partial charge in [-0.15, -0.1) is 0 Å². The summed E-state index contributed by atoms with van der Waals surface area (Å²) < 4.78 is 0. The summed E-state index contributed by atoms with van der Waals surface area (Å²) in [5.74, 6) is -0.773. The predicted octanol–water partition coefficient (Wildman–Crippen LogP) is 2.56. The Labute approximate surface area is 117 Å². The van der Waals surface area contributed by atoms with Crippen LogP contribution in [0.4, 0.5) is 0 Å². The van der Waals surface area contributed by atoms with Crippen molar-refractivity contribution < 1.29 is 14.7 Å². The number of carbonyl (C=O) groups excluding carboxylic acids is 1. The molecule has 1 N–H and O–H groups in total. The molecule has 1 heterocycles. The number of rotatable bonds is 3. The highest BCUT2D eigenvalue weighted by Crippen LogP contribution is 2.48. The molecule has 0 spiro atoms. The van der Waals surface area contributed by atoms with Gasteiger partial charge in [-0.05, 0) is 24.8 Å². The summed E-state index contributed by atoms with van der Waals surface area (Å²) >= 11 is 0. The number of aliphatic carboxylic acids is 1. The van der Waals surface area contributed by atoms with Crippen LogP contribution in [0.15, 0.2) is 42.1 Å². The van der Waals surface area contributed by atoms with Gasteiger partial charge in [0.2, 0.25) is 5.91 Å². The Bertz CT molecular complexity index is 579. The summed E-state index contributed by atoms with van der Waals surface area (Å²) in [4.78, 5) is 25.5. The largest absolute Gasteiger partial charge is 0.481 e. The third kappa shape index (κ3) is 1.92. The van der Waals surface area contributed by atoms with Crippen LogP contribution in [0.5, 0.6) is 0 Å². The quantitative estimate of drug-likeness (QED) is 0.919. The first-order chi connectivity index (χ1) is 9.63. The number of carbonyl (C=O) groups is 2. The fourth-order valence-electron chi connectivity index (χ4n) is 3.25. The summed E-state index contributed by atoms with van der Waals surface area (Å²) in [6, 6.07) is 9.70. The molecule has 1 saturated heterocycles. The normalized spacial score (nSPS) is 25.3. The standard InChI is InChI=1S/C16H17NO3/c18-14-8-10-16(15(19)20)9-4-7-13(16)17(14)11-12-5-2-1-3-6-12/h1-3,5-7H,4,8-11H2,(H,19,20). The number of fused-ring (bicyclic) bond motifs is 1. The molecular weight excluding hydrogens is 254 g/mol. The number of nitrogens with zero attached hydrogens (tertiary/aromatic N) is 1. The minimum absolute atomic E-state index is 0.0267. The Balaban J connectivity index is 1.93. The molecule has 0 bridgehead atoms. The summed E-state index contributed by atoms with van der Waals surface area (Å²) in [6.45, 7) is 0.459. The fraction of sp³-hybridized carbons (Fsp3) is 0.375. The average molecular weight is 271 g/mol. The minimum Gasteiger partial charge on any atom is -0.481 e. The molecule has 1 amide bonds. The van der Waals surface area contributed by atoms with Crippen molar-refractivity contribution in [1.29, 1.82) is 0 Å². The van der Waals surface area contributed by atoms with Crippen LogP contribution >= 0.6 is 0 Å². The highest BCUT2D eigenvalue weighted by molar-refractivity contribution is 5.87. The lowest BCUT2D eigenvalue weighted by Gasteiger charge is -2.39. The number of piperidine rings is 1. The fourth-order valence-corrected chi connectivity index (χ4v) is 3.25. The lowest BCUT2D eigenvalue weighted by Crippen LogP contribution is -2.46. The molecule has 4 heteroatoms. The van der Waals surface area contributed by atoms with Gasteiger partial charge >= 0.3 is 5.97 Å². The first-order valence-electron chi connectivity index (χ1n) is 6.92. The van der Waals surface area contributed by atoms with Gasteiger partial charge in [0, 0.05) is 12.1 Å². The van der Waals surface area contributed by atoms with Crippen molar-refractivity contribution in [3.63, 3.8) is 0 Å². The number of carboxylic acid groups (broad SMARTS) is 1. The van der Waals surface area contributed by atoms with Crippen LogP contribution in [0.1, 0.15) is 31.2 Å². The van der Waals surface area contributed by atoms with E-state index in [9.17, 15) is 14.7 Å². The molecule has 20 heavy (non-hydrogen) atoms. The van der Waals surface area contributed by atoms with Gasteiger partial charge in [0.1, 0.15) is 5.41 Å². The molecular formula is C16H17NO3. The van der Waals surface area contributed by atoms with Crippen LogP contribution in [0, 0.1) is 5.41 Å². The SMILES string of the molecule is O=C1CCC2(C(=O)O)CCC=C2N1Cc1ccccc1. The van der Waals surface area contributed by atoms with Gasteiger partial charge in [-0.2, -0.15) is 0 Å². The Morgan fingerprint density at radius 1 is 1.25 bits per heavy atom. The van der Waals surface area contributed by atoms with E-state index >= 15 is 0 Å². The molecule has 1 atom stereocenters. The molecule has 2 aliphatic rings. The number of hydrogen-bond acceptors (Lipinski definition) is 2. The van der Waals surface area contributed by atoms with Gasteiger partial charge < -0.3 is 10.0 Å². The number of likely N-dealkylation sites (tertiary alicyclic amines) is 1. The monoisotopic (exact) mass is 271 g/mol. The lowest BCUT2D eigenvalue weighted by atomic mass is 9.77. The first kappa shape index (κ1) is 12.9. The molecule has 1 aliphatic heterocycles. The second kappa shape index (κ2) is 4.78. The summed E-state index contributed by atoms with van der Waals surface area (Å²) in [5.41, 5.74) is 0.878. The molecule has 1 aliphatic carbocycles. The number of allylic oxidation sites excluding steroid dienone is 1. The predicted molar refractivity (Wildman–Crippen MR) is 73.6 cm³/mol. The minimum atomic E-state index is -0.845. The van der Waals surface area contributed by atoms with Crippen LogP contribution < -0.4 is 0 Å². The third-order valence-electron chi connectivity index (χ3n) is 4.35. The topological polar surface area (TPSA) is 57.6 Å². The van der Waals surface area contributed by atoms with Crippen LogP contribution in [0.3, 0.4) is 0 Å². The van der Waals surface area contributed by atoms with Crippen LogP contribution in [0.25, 0.3) is 0 Å². The highest BCUT2D eigenvalue weighted by atomic mass is 16.4. The molecule has 0 radical (unpaired) electrons. The molecule has 0 aromatic heterocycles. The van der Waals surface area contributed by atoms with E-state index < -0.39 is 11.4 Å². The molecule has 3 rings (SSSR count). The summed E-state index contributed by atoms with van der Waals surface area (Å²) in [7, 11) is 0. The second-order valence-corrected chi connectivity index (χ2v) is 5.48. The Kier molecular flexibility index (Phi) is 3.08. The zero-order valence-corrected chi connectivity index (χ0v) is 11.2.